The predicted octanol–water partition coefficient (Wildman–Crippen LogP) is 3.21. The number of aryl methyl sites for hydroxylation is 1. The lowest BCUT2D eigenvalue weighted by molar-refractivity contribution is -0.112. The van der Waals surface area contributed by atoms with Crippen LogP contribution in [-0.2, 0) is 9.53 Å². The molecule has 138 valence electrons. The maximum Gasteiger partial charge on any atom is 0.340 e. The maximum absolute atomic E-state index is 12.4. The van der Waals surface area contributed by atoms with E-state index in [0.29, 0.717) is 11.4 Å². The number of hydrogen-bond donors (Lipinski definition) is 3. The molecule has 0 radical (unpaired) electrons. The number of carbonyl (C=O) groups is 2. The molecule has 1 amide bonds. The average molecular weight is 364 g/mol. The molecule has 0 heterocycles. The summed E-state index contributed by atoms with van der Waals surface area (Å²) < 4.78 is 4.97. The molecule has 2 rings (SSSR count). The molecule has 7 heteroatoms. The minimum Gasteiger partial charge on any atom is -0.462 e. The third-order valence-corrected chi connectivity index (χ3v) is 3.62. The number of nitrogens with two attached hydrogens (primary N) is 1. The van der Waals surface area contributed by atoms with E-state index in [4.69, 9.17) is 10.5 Å². The van der Waals surface area contributed by atoms with Crippen molar-refractivity contribution in [2.75, 3.05) is 23.0 Å². The molecule has 0 fully saturated rings. The Morgan fingerprint density at radius 1 is 1.22 bits per heavy atom. The summed E-state index contributed by atoms with van der Waals surface area (Å²) in [5.41, 5.74) is 8.22. The second-order valence-corrected chi connectivity index (χ2v) is 5.63. The standard InChI is InChI=1S/C20H20N4O3/c1-3-27-20(26)15-6-4-5-7-17(15)24-19(25)14(11-21)12-23-18-10-13(2)8-9-16(18)22/h4-10,12,23H,3,22H2,1-2H3,(H,24,25)/b14-12-. The van der Waals surface area contributed by atoms with Crippen molar-refractivity contribution >= 4 is 28.9 Å². The SMILES string of the molecule is CCOC(=O)c1ccccc1NC(=O)/C(C#N)=C\Nc1cc(C)ccc1N. The quantitative estimate of drug-likeness (QED) is 0.314. The predicted molar refractivity (Wildman–Crippen MR) is 104 cm³/mol. The van der Waals surface area contributed by atoms with Gasteiger partial charge in [0.25, 0.3) is 5.91 Å². The van der Waals surface area contributed by atoms with E-state index in [1.54, 1.807) is 37.3 Å². The number of hydrogen-bond acceptors (Lipinski definition) is 6. The number of rotatable bonds is 6. The van der Waals surface area contributed by atoms with Crippen LogP contribution in [0.15, 0.2) is 54.2 Å². The lowest BCUT2D eigenvalue weighted by Crippen LogP contribution is -2.17. The van der Waals surface area contributed by atoms with Crippen molar-refractivity contribution in [3.8, 4) is 6.07 Å². The second-order valence-electron chi connectivity index (χ2n) is 5.63. The van der Waals surface area contributed by atoms with E-state index < -0.39 is 11.9 Å². The molecule has 0 aliphatic rings. The van der Waals surface area contributed by atoms with Gasteiger partial charge in [0.15, 0.2) is 0 Å². The zero-order chi connectivity index (χ0) is 19.8. The van der Waals surface area contributed by atoms with Gasteiger partial charge < -0.3 is 21.1 Å². The molecule has 0 aliphatic heterocycles. The number of nitriles is 1. The molecule has 0 saturated carbocycles. The van der Waals surface area contributed by atoms with Gasteiger partial charge in [-0.25, -0.2) is 4.79 Å². The number of anilines is 3. The molecule has 4 N–H and O–H groups in total. The summed E-state index contributed by atoms with van der Waals surface area (Å²) in [5.74, 6) is -1.21. The van der Waals surface area contributed by atoms with E-state index in [0.717, 1.165) is 5.56 Å². The van der Waals surface area contributed by atoms with Crippen LogP contribution in [0.3, 0.4) is 0 Å². The van der Waals surface area contributed by atoms with Gasteiger partial charge in [0.1, 0.15) is 11.6 Å². The first-order chi connectivity index (χ1) is 13.0. The van der Waals surface area contributed by atoms with Crippen LogP contribution in [0.5, 0.6) is 0 Å². The van der Waals surface area contributed by atoms with Crippen molar-refractivity contribution in [3.63, 3.8) is 0 Å². The van der Waals surface area contributed by atoms with Crippen LogP contribution >= 0.6 is 0 Å². The van der Waals surface area contributed by atoms with E-state index in [1.807, 2.05) is 19.1 Å². The summed E-state index contributed by atoms with van der Waals surface area (Å²) in [5, 5.41) is 14.7. The minimum absolute atomic E-state index is 0.172. The number of nitrogens with zero attached hydrogens (tertiary/aromatic N) is 1. The Kier molecular flexibility index (Phi) is 6.55. The van der Waals surface area contributed by atoms with Crippen molar-refractivity contribution in [1.82, 2.24) is 0 Å². The molecule has 0 atom stereocenters. The van der Waals surface area contributed by atoms with Crippen molar-refractivity contribution < 1.29 is 14.3 Å². The molecule has 0 spiro atoms. The Morgan fingerprint density at radius 3 is 2.67 bits per heavy atom. The fourth-order valence-electron chi connectivity index (χ4n) is 2.26. The summed E-state index contributed by atoms with van der Waals surface area (Å²) in [7, 11) is 0. The number of para-hydroxylation sites is 1. The third-order valence-electron chi connectivity index (χ3n) is 3.62. The van der Waals surface area contributed by atoms with Gasteiger partial charge in [-0.3, -0.25) is 4.79 Å². The molecule has 0 aliphatic carbocycles. The molecule has 0 aromatic heterocycles. The first-order valence-corrected chi connectivity index (χ1v) is 8.26. The van der Waals surface area contributed by atoms with Crippen LogP contribution in [0.1, 0.15) is 22.8 Å². The van der Waals surface area contributed by atoms with Gasteiger partial charge in [-0.2, -0.15) is 5.26 Å². The van der Waals surface area contributed by atoms with Crippen molar-refractivity contribution in [2.45, 2.75) is 13.8 Å². The first-order valence-electron chi connectivity index (χ1n) is 8.26. The van der Waals surface area contributed by atoms with E-state index in [1.165, 1.54) is 12.3 Å². The summed E-state index contributed by atoms with van der Waals surface area (Å²) in [6, 6.07) is 13.6. The maximum atomic E-state index is 12.4. The van der Waals surface area contributed by atoms with Gasteiger partial charge in [-0.1, -0.05) is 18.2 Å². The summed E-state index contributed by atoms with van der Waals surface area (Å²) in [6.07, 6.45) is 1.27. The van der Waals surface area contributed by atoms with Gasteiger partial charge in [-0.15, -0.1) is 0 Å². The van der Waals surface area contributed by atoms with Gasteiger partial charge >= 0.3 is 5.97 Å². The smallest absolute Gasteiger partial charge is 0.340 e. The van der Waals surface area contributed by atoms with Crippen LogP contribution < -0.4 is 16.4 Å². The fraction of sp³-hybridized carbons (Fsp3) is 0.150. The van der Waals surface area contributed by atoms with E-state index >= 15 is 0 Å². The fourth-order valence-corrected chi connectivity index (χ4v) is 2.26. The number of carbonyl (C=O) groups excluding carboxylic acids is 2. The van der Waals surface area contributed by atoms with Gasteiger partial charge in [-0.05, 0) is 43.7 Å². The summed E-state index contributed by atoms with van der Waals surface area (Å²) >= 11 is 0. The van der Waals surface area contributed by atoms with Crippen molar-refractivity contribution in [1.29, 1.82) is 5.26 Å². The van der Waals surface area contributed by atoms with Gasteiger partial charge in [0.05, 0.1) is 29.2 Å². The molecule has 2 aromatic carbocycles. The highest BCUT2D eigenvalue weighted by Gasteiger charge is 2.16. The van der Waals surface area contributed by atoms with Crippen LogP contribution in [-0.4, -0.2) is 18.5 Å². The molecule has 0 unspecified atom stereocenters. The Hall–Kier alpha value is -3.79. The second kappa shape index (κ2) is 9.06. The third kappa shape index (κ3) is 5.09. The number of benzene rings is 2. The lowest BCUT2D eigenvalue weighted by Gasteiger charge is -2.10. The minimum atomic E-state index is -0.659. The van der Waals surface area contributed by atoms with Crippen LogP contribution in [0.2, 0.25) is 0 Å². The highest BCUT2D eigenvalue weighted by Crippen LogP contribution is 2.20. The Morgan fingerprint density at radius 2 is 1.96 bits per heavy atom. The molecule has 27 heavy (non-hydrogen) atoms. The highest BCUT2D eigenvalue weighted by molar-refractivity contribution is 6.09. The number of esters is 1. The van der Waals surface area contributed by atoms with E-state index in [2.05, 4.69) is 10.6 Å². The van der Waals surface area contributed by atoms with Crippen LogP contribution in [0, 0.1) is 18.3 Å². The summed E-state index contributed by atoms with van der Waals surface area (Å²) in [6.45, 7) is 3.81. The van der Waals surface area contributed by atoms with Crippen LogP contribution in [0.4, 0.5) is 17.1 Å². The van der Waals surface area contributed by atoms with Crippen molar-refractivity contribution in [2.24, 2.45) is 0 Å². The van der Waals surface area contributed by atoms with E-state index in [9.17, 15) is 14.9 Å². The zero-order valence-corrected chi connectivity index (χ0v) is 15.1. The van der Waals surface area contributed by atoms with Gasteiger partial charge in [0.2, 0.25) is 0 Å². The van der Waals surface area contributed by atoms with Crippen LogP contribution in [0.25, 0.3) is 0 Å². The number of nitrogen functional groups attached to an aromatic ring is 1. The summed E-state index contributed by atoms with van der Waals surface area (Å²) in [4.78, 5) is 24.4. The molecular weight excluding hydrogens is 344 g/mol. The monoisotopic (exact) mass is 364 g/mol. The van der Waals surface area contributed by atoms with E-state index in [-0.39, 0.29) is 23.4 Å². The first kappa shape index (κ1) is 19.5. The molecule has 0 saturated heterocycles. The number of amides is 1. The Bertz CT molecular complexity index is 929. The molecule has 2 aromatic rings. The zero-order valence-electron chi connectivity index (χ0n) is 15.1. The number of ether oxygens (including phenoxy) is 1. The number of nitrogens with one attached hydrogen (secondary N) is 2. The van der Waals surface area contributed by atoms with Gasteiger partial charge in [0, 0.05) is 6.20 Å². The lowest BCUT2D eigenvalue weighted by atomic mass is 10.1. The highest BCUT2D eigenvalue weighted by atomic mass is 16.5. The average Bonchev–Trinajstić information content (AvgIpc) is 2.65. The normalized spacial score (nSPS) is 10.6. The van der Waals surface area contributed by atoms with Crippen molar-refractivity contribution in [3.05, 3.63) is 65.4 Å². The Labute approximate surface area is 157 Å². The molecule has 0 bridgehead atoms. The molecule has 7 nitrogen and oxygen atoms in total. The largest absolute Gasteiger partial charge is 0.462 e. The topological polar surface area (TPSA) is 117 Å². The Balaban J connectivity index is 2.20. The molecular formula is C20H20N4O3.